The number of hydrogen-bond donors (Lipinski definition) is 2. The van der Waals surface area contributed by atoms with E-state index in [0.29, 0.717) is 12.8 Å². The monoisotopic (exact) mass is 394 g/mol. The fourth-order valence-electron chi connectivity index (χ4n) is 6.31. The zero-order chi connectivity index (χ0) is 20.5. The van der Waals surface area contributed by atoms with Gasteiger partial charge in [-0.15, -0.1) is 0 Å². The topological polar surface area (TPSA) is 91.8 Å². The Morgan fingerprint density at radius 3 is 2.64 bits per heavy atom. The summed E-state index contributed by atoms with van der Waals surface area (Å²) in [5.41, 5.74) is -1.46. The van der Waals surface area contributed by atoms with E-state index in [9.17, 15) is 15.0 Å². The number of aliphatic hydroxyl groups is 2. The predicted molar refractivity (Wildman–Crippen MR) is 103 cm³/mol. The van der Waals surface area contributed by atoms with Crippen molar-refractivity contribution in [2.75, 3.05) is 6.61 Å². The summed E-state index contributed by atoms with van der Waals surface area (Å²) in [6.07, 6.45) is 3.94. The Morgan fingerprint density at radius 2 is 2.04 bits per heavy atom. The first-order chi connectivity index (χ1) is 13.0. The van der Waals surface area contributed by atoms with Gasteiger partial charge in [-0.05, 0) is 39.5 Å². The maximum Gasteiger partial charge on any atom is 0.302 e. The molecule has 6 nitrogen and oxygen atoms in total. The second-order valence-corrected chi connectivity index (χ2v) is 10.2. The second-order valence-electron chi connectivity index (χ2n) is 10.2. The van der Waals surface area contributed by atoms with E-state index in [-0.39, 0.29) is 36.8 Å². The number of rotatable bonds is 3. The molecule has 28 heavy (non-hydrogen) atoms. The van der Waals surface area contributed by atoms with Gasteiger partial charge < -0.3 is 24.4 Å². The van der Waals surface area contributed by atoms with E-state index < -0.39 is 22.2 Å². The molecule has 4 fully saturated rings. The van der Waals surface area contributed by atoms with Crippen molar-refractivity contribution in [1.29, 1.82) is 0 Å². The average molecular weight is 395 g/mol. The van der Waals surface area contributed by atoms with Gasteiger partial charge in [0.05, 0.1) is 24.4 Å². The molecule has 2 aliphatic carbocycles. The first-order valence-corrected chi connectivity index (χ1v) is 10.5. The van der Waals surface area contributed by atoms with E-state index >= 15 is 0 Å². The fraction of sp³-hybridized carbons (Fsp3) is 0.864. The van der Waals surface area contributed by atoms with E-state index in [1.807, 2.05) is 13.8 Å². The standard InChI is InChI=1S/C22H34O6/c1-13-6-7-16-21(12-23,27-16)11-18-22(28-18)15(19(3,4)25)8-9-20(22,5)17(10-13)26-14(2)24/h15-18,23,25H,1,6-12H2,2-5H3/t15-,16-,17-,18+,20-,21-,22-/m0/s1. The lowest BCUT2D eigenvalue weighted by Gasteiger charge is -2.41. The molecule has 1 spiro atoms. The molecule has 2 aliphatic heterocycles. The molecule has 4 aliphatic rings. The first-order valence-electron chi connectivity index (χ1n) is 10.5. The van der Waals surface area contributed by atoms with Crippen molar-refractivity contribution in [3.05, 3.63) is 12.2 Å². The lowest BCUT2D eigenvalue weighted by molar-refractivity contribution is -0.157. The van der Waals surface area contributed by atoms with Crippen LogP contribution in [0, 0.1) is 11.3 Å². The molecule has 0 radical (unpaired) electrons. The van der Waals surface area contributed by atoms with Crippen LogP contribution in [0.25, 0.3) is 0 Å². The highest BCUT2D eigenvalue weighted by molar-refractivity contribution is 5.66. The minimum atomic E-state index is -0.916. The summed E-state index contributed by atoms with van der Waals surface area (Å²) in [7, 11) is 0. The fourth-order valence-corrected chi connectivity index (χ4v) is 6.31. The van der Waals surface area contributed by atoms with Gasteiger partial charge in [0.25, 0.3) is 0 Å². The van der Waals surface area contributed by atoms with Crippen LogP contribution in [0.3, 0.4) is 0 Å². The number of aliphatic hydroxyl groups excluding tert-OH is 1. The van der Waals surface area contributed by atoms with Crippen molar-refractivity contribution in [2.24, 2.45) is 11.3 Å². The molecule has 158 valence electrons. The summed E-state index contributed by atoms with van der Waals surface area (Å²) >= 11 is 0. The molecule has 0 amide bonds. The zero-order valence-electron chi connectivity index (χ0n) is 17.5. The SMILES string of the molecule is C=C1CC[C@@H]2O[C@]2(CO)C[C@H]2O[C@@]23[C@H](C(C)(C)O)CC[C@@]3(C)[C@@H](OC(C)=O)C1. The van der Waals surface area contributed by atoms with Crippen molar-refractivity contribution < 1.29 is 29.2 Å². The molecule has 2 heterocycles. The van der Waals surface area contributed by atoms with Crippen LogP contribution >= 0.6 is 0 Å². The summed E-state index contributed by atoms with van der Waals surface area (Å²) < 4.78 is 18.2. The van der Waals surface area contributed by atoms with Crippen LogP contribution in [0.1, 0.15) is 66.2 Å². The van der Waals surface area contributed by atoms with Crippen molar-refractivity contribution in [1.82, 2.24) is 0 Å². The molecular formula is C22H34O6. The smallest absolute Gasteiger partial charge is 0.302 e. The number of esters is 1. The molecular weight excluding hydrogens is 360 g/mol. The Hall–Kier alpha value is -0.950. The predicted octanol–water partition coefficient (Wildman–Crippen LogP) is 2.50. The summed E-state index contributed by atoms with van der Waals surface area (Å²) in [4.78, 5) is 11.9. The molecule has 7 atom stereocenters. The third-order valence-electron chi connectivity index (χ3n) is 7.93. The molecule has 0 aromatic carbocycles. The van der Waals surface area contributed by atoms with Gasteiger partial charge in [0.2, 0.25) is 0 Å². The van der Waals surface area contributed by atoms with Crippen LogP contribution in [0.15, 0.2) is 12.2 Å². The van der Waals surface area contributed by atoms with E-state index in [1.165, 1.54) is 6.92 Å². The van der Waals surface area contributed by atoms with Crippen LogP contribution in [-0.4, -0.2) is 57.9 Å². The first kappa shape index (κ1) is 20.3. The molecule has 2 saturated heterocycles. The van der Waals surface area contributed by atoms with Crippen LogP contribution in [-0.2, 0) is 19.0 Å². The maximum atomic E-state index is 11.9. The van der Waals surface area contributed by atoms with Gasteiger partial charge in [-0.1, -0.05) is 19.1 Å². The van der Waals surface area contributed by atoms with Gasteiger partial charge in [0.1, 0.15) is 17.3 Å². The molecule has 6 heteroatoms. The minimum Gasteiger partial charge on any atom is -0.462 e. The summed E-state index contributed by atoms with van der Waals surface area (Å²) in [6, 6.07) is 0. The van der Waals surface area contributed by atoms with Gasteiger partial charge in [-0.3, -0.25) is 4.79 Å². The van der Waals surface area contributed by atoms with Crippen molar-refractivity contribution in [3.63, 3.8) is 0 Å². The molecule has 4 rings (SSSR count). The average Bonchev–Trinajstić information content (AvgIpc) is 3.43. The van der Waals surface area contributed by atoms with Gasteiger partial charge in [0.15, 0.2) is 0 Å². The van der Waals surface area contributed by atoms with Gasteiger partial charge in [-0.2, -0.15) is 0 Å². The Bertz CT molecular complexity index is 683. The van der Waals surface area contributed by atoms with Crippen LogP contribution in [0.4, 0.5) is 0 Å². The van der Waals surface area contributed by atoms with Crippen molar-refractivity contribution in [3.8, 4) is 0 Å². The van der Waals surface area contributed by atoms with Crippen LogP contribution in [0.5, 0.6) is 0 Å². The summed E-state index contributed by atoms with van der Waals surface area (Å²) in [6.45, 7) is 11.4. The lowest BCUT2D eigenvalue weighted by Crippen LogP contribution is -2.52. The molecule has 0 aromatic heterocycles. The normalized spacial score (nSPS) is 48.0. The number of fused-ring (bicyclic) bond motifs is 1. The number of epoxide rings is 2. The Labute approximate surface area is 167 Å². The van der Waals surface area contributed by atoms with Gasteiger partial charge >= 0.3 is 5.97 Å². The highest BCUT2D eigenvalue weighted by Crippen LogP contribution is 2.70. The van der Waals surface area contributed by atoms with E-state index in [4.69, 9.17) is 14.2 Å². The Morgan fingerprint density at radius 1 is 1.32 bits per heavy atom. The molecule has 0 bridgehead atoms. The molecule has 0 unspecified atom stereocenters. The van der Waals surface area contributed by atoms with E-state index in [2.05, 4.69) is 13.5 Å². The number of carbonyl (C=O) groups excluding carboxylic acids is 1. The summed E-state index contributed by atoms with van der Waals surface area (Å²) in [5.74, 6) is -0.374. The van der Waals surface area contributed by atoms with E-state index in [0.717, 1.165) is 31.3 Å². The highest BCUT2D eigenvalue weighted by Gasteiger charge is 2.79. The molecule has 2 saturated carbocycles. The van der Waals surface area contributed by atoms with Crippen molar-refractivity contribution >= 4 is 5.97 Å². The number of hydrogen-bond acceptors (Lipinski definition) is 6. The maximum absolute atomic E-state index is 11.9. The summed E-state index contributed by atoms with van der Waals surface area (Å²) in [5, 5.41) is 21.0. The van der Waals surface area contributed by atoms with Gasteiger partial charge in [-0.25, -0.2) is 0 Å². The van der Waals surface area contributed by atoms with Crippen molar-refractivity contribution in [2.45, 2.75) is 101 Å². The highest BCUT2D eigenvalue weighted by atomic mass is 16.6. The minimum absolute atomic E-state index is 0.00835. The molecule has 0 aromatic rings. The van der Waals surface area contributed by atoms with Crippen LogP contribution in [0.2, 0.25) is 0 Å². The van der Waals surface area contributed by atoms with Crippen LogP contribution < -0.4 is 0 Å². The Kier molecular flexibility index (Phi) is 4.55. The quantitative estimate of drug-likeness (QED) is 0.434. The van der Waals surface area contributed by atoms with Gasteiger partial charge in [0, 0.05) is 31.1 Å². The second kappa shape index (κ2) is 6.27. The third kappa shape index (κ3) is 2.87. The third-order valence-corrected chi connectivity index (χ3v) is 7.93. The zero-order valence-corrected chi connectivity index (χ0v) is 17.5. The largest absolute Gasteiger partial charge is 0.462 e. The Balaban J connectivity index is 1.75. The number of ether oxygens (including phenoxy) is 3. The number of carbonyl (C=O) groups is 1. The van der Waals surface area contributed by atoms with E-state index in [1.54, 1.807) is 0 Å². The lowest BCUT2D eigenvalue weighted by atomic mass is 9.65. The molecule has 2 N–H and O–H groups in total.